The van der Waals surface area contributed by atoms with E-state index in [1.54, 1.807) is 0 Å². The maximum absolute atomic E-state index is 10.5. The van der Waals surface area contributed by atoms with E-state index in [1.165, 1.54) is 18.2 Å². The molecule has 0 fully saturated rings. The molecule has 1 aromatic carbocycles. The van der Waals surface area contributed by atoms with Crippen LogP contribution in [0.1, 0.15) is 18.0 Å². The zero-order chi connectivity index (χ0) is 11.4. The number of benzene rings is 1. The number of nitrogens with two attached hydrogens (primary N) is 1. The van der Waals surface area contributed by atoms with Crippen LogP contribution in [0.25, 0.3) is 0 Å². The van der Waals surface area contributed by atoms with Crippen LogP contribution in [-0.4, -0.2) is 21.7 Å². The van der Waals surface area contributed by atoms with Gasteiger partial charge in [0.1, 0.15) is 0 Å². The molecule has 0 aliphatic rings. The number of nitro benzene ring substituents is 1. The van der Waals surface area contributed by atoms with Gasteiger partial charge in [-0.15, -0.1) is 12.4 Å². The van der Waals surface area contributed by atoms with E-state index in [4.69, 9.17) is 10.8 Å². The first-order valence-electron chi connectivity index (χ1n) is 4.40. The van der Waals surface area contributed by atoms with Crippen LogP contribution in [-0.2, 0) is 0 Å². The van der Waals surface area contributed by atoms with Gasteiger partial charge in [0, 0.05) is 18.7 Å². The molecule has 1 rings (SSSR count). The van der Waals surface area contributed by atoms with Gasteiger partial charge in [0.05, 0.1) is 4.92 Å². The van der Waals surface area contributed by atoms with Gasteiger partial charge in [-0.2, -0.15) is 0 Å². The summed E-state index contributed by atoms with van der Waals surface area (Å²) in [5.41, 5.74) is 5.81. The van der Waals surface area contributed by atoms with E-state index < -0.39 is 11.0 Å². The molecule has 4 N–H and O–H groups in total. The first-order chi connectivity index (χ1) is 7.06. The minimum Gasteiger partial charge on any atom is -0.502 e. The van der Waals surface area contributed by atoms with Crippen LogP contribution in [0.3, 0.4) is 0 Å². The van der Waals surface area contributed by atoms with Gasteiger partial charge >= 0.3 is 5.69 Å². The number of nitrogens with zero attached hydrogens (tertiary/aromatic N) is 1. The second-order valence-corrected chi connectivity index (χ2v) is 3.12. The summed E-state index contributed by atoms with van der Waals surface area (Å²) in [6.07, 6.45) is 0.321. The van der Waals surface area contributed by atoms with Crippen molar-refractivity contribution in [2.75, 3.05) is 6.61 Å². The van der Waals surface area contributed by atoms with Crippen LogP contribution in [0.2, 0.25) is 0 Å². The lowest BCUT2D eigenvalue weighted by atomic mass is 10.0. The Morgan fingerprint density at radius 1 is 1.50 bits per heavy atom. The summed E-state index contributed by atoms with van der Waals surface area (Å²) in [6.45, 7) is -0.0875. The van der Waals surface area contributed by atoms with Crippen molar-refractivity contribution in [1.29, 1.82) is 0 Å². The second-order valence-electron chi connectivity index (χ2n) is 3.12. The van der Waals surface area contributed by atoms with Gasteiger partial charge in [-0.05, 0) is 18.1 Å². The van der Waals surface area contributed by atoms with E-state index in [2.05, 4.69) is 0 Å². The van der Waals surface area contributed by atoms with Crippen LogP contribution >= 0.6 is 12.4 Å². The summed E-state index contributed by atoms with van der Waals surface area (Å²) >= 11 is 0. The molecule has 90 valence electrons. The highest BCUT2D eigenvalue weighted by Gasteiger charge is 2.16. The molecule has 1 atom stereocenters. The maximum Gasteiger partial charge on any atom is 0.311 e. The van der Waals surface area contributed by atoms with E-state index in [0.29, 0.717) is 12.0 Å². The van der Waals surface area contributed by atoms with Gasteiger partial charge in [0.2, 0.25) is 0 Å². The highest BCUT2D eigenvalue weighted by Crippen LogP contribution is 2.28. The molecule has 0 aliphatic carbocycles. The van der Waals surface area contributed by atoms with Gasteiger partial charge in [-0.3, -0.25) is 10.1 Å². The number of aliphatic hydroxyl groups is 1. The van der Waals surface area contributed by atoms with Crippen molar-refractivity contribution in [1.82, 2.24) is 0 Å². The Hall–Kier alpha value is -1.37. The van der Waals surface area contributed by atoms with Crippen molar-refractivity contribution in [3.05, 3.63) is 33.9 Å². The monoisotopic (exact) mass is 248 g/mol. The number of rotatable bonds is 4. The zero-order valence-electron chi connectivity index (χ0n) is 8.37. The summed E-state index contributed by atoms with van der Waals surface area (Å²) in [5, 5.41) is 28.4. The molecule has 0 amide bonds. The number of hydrogen-bond acceptors (Lipinski definition) is 5. The molecule has 0 aromatic heterocycles. The van der Waals surface area contributed by atoms with Crippen molar-refractivity contribution in [3.63, 3.8) is 0 Å². The van der Waals surface area contributed by atoms with Crippen LogP contribution in [0, 0.1) is 10.1 Å². The fraction of sp³-hybridized carbons (Fsp3) is 0.333. The minimum atomic E-state index is -0.676. The molecule has 0 saturated heterocycles. The molecule has 7 heteroatoms. The fourth-order valence-corrected chi connectivity index (χ4v) is 1.22. The molecule has 0 bridgehead atoms. The highest BCUT2D eigenvalue weighted by molar-refractivity contribution is 5.85. The molecule has 0 aliphatic heterocycles. The quantitative estimate of drug-likeness (QED) is 0.546. The van der Waals surface area contributed by atoms with E-state index in [0.717, 1.165) is 0 Å². The van der Waals surface area contributed by atoms with Crippen molar-refractivity contribution < 1.29 is 15.1 Å². The Bertz CT molecular complexity index is 373. The Morgan fingerprint density at radius 3 is 2.62 bits per heavy atom. The first-order valence-corrected chi connectivity index (χ1v) is 4.40. The molecule has 0 spiro atoms. The number of phenolic OH excluding ortho intramolecular Hbond substituents is 1. The number of hydrogen-bond donors (Lipinski definition) is 3. The third-order valence-electron chi connectivity index (χ3n) is 2.06. The maximum atomic E-state index is 10.5. The highest BCUT2D eigenvalue weighted by atomic mass is 35.5. The zero-order valence-corrected chi connectivity index (χ0v) is 9.18. The number of nitro groups is 1. The van der Waals surface area contributed by atoms with Crippen molar-refractivity contribution in [3.8, 4) is 5.75 Å². The van der Waals surface area contributed by atoms with E-state index in [9.17, 15) is 15.2 Å². The third kappa shape index (κ3) is 3.34. The normalized spacial score (nSPS) is 11.6. The van der Waals surface area contributed by atoms with Gasteiger partial charge < -0.3 is 15.9 Å². The number of aromatic hydroxyl groups is 1. The fourth-order valence-electron chi connectivity index (χ4n) is 1.22. The molecule has 16 heavy (non-hydrogen) atoms. The molecule has 1 aromatic rings. The molecule has 0 radical (unpaired) electrons. The second kappa shape index (κ2) is 6.26. The Morgan fingerprint density at radius 2 is 2.12 bits per heavy atom. The summed E-state index contributed by atoms with van der Waals surface area (Å²) in [5.74, 6) is -0.389. The van der Waals surface area contributed by atoms with Crippen molar-refractivity contribution in [2.24, 2.45) is 5.73 Å². The number of phenols is 1. The van der Waals surface area contributed by atoms with Crippen LogP contribution < -0.4 is 5.73 Å². The minimum absolute atomic E-state index is 0. The number of halogens is 1. The smallest absolute Gasteiger partial charge is 0.311 e. The molecular formula is C9H13ClN2O4. The van der Waals surface area contributed by atoms with E-state index >= 15 is 0 Å². The first kappa shape index (κ1) is 14.6. The van der Waals surface area contributed by atoms with Crippen LogP contribution in [0.5, 0.6) is 5.75 Å². The average molecular weight is 249 g/mol. The molecule has 0 heterocycles. The lowest BCUT2D eigenvalue weighted by Gasteiger charge is -2.09. The van der Waals surface area contributed by atoms with Crippen molar-refractivity contribution >= 4 is 18.1 Å². The molecular weight excluding hydrogens is 236 g/mol. The predicted octanol–water partition coefficient (Wildman–Crippen LogP) is 1.10. The lowest BCUT2D eigenvalue weighted by molar-refractivity contribution is -0.385. The molecule has 0 saturated carbocycles. The summed E-state index contributed by atoms with van der Waals surface area (Å²) in [4.78, 5) is 9.83. The Balaban J connectivity index is 0.00000225. The van der Waals surface area contributed by atoms with Crippen LogP contribution in [0.15, 0.2) is 18.2 Å². The Labute approximate surface area is 98.3 Å². The molecule has 1 unspecified atom stereocenters. The third-order valence-corrected chi connectivity index (χ3v) is 2.06. The lowest BCUT2D eigenvalue weighted by Crippen LogP contribution is -2.12. The predicted molar refractivity (Wildman–Crippen MR) is 60.6 cm³/mol. The standard InChI is InChI=1S/C9H12N2O4.ClH/c10-7(3-4-12)6-1-2-9(13)8(5-6)11(14)15;/h1-2,5,7,12-13H,3-4,10H2;1H. The SMILES string of the molecule is Cl.NC(CCO)c1ccc(O)c([N+](=O)[O-])c1. The largest absolute Gasteiger partial charge is 0.502 e. The number of aliphatic hydroxyl groups excluding tert-OH is 1. The van der Waals surface area contributed by atoms with E-state index in [-0.39, 0.29) is 30.5 Å². The molecule has 6 nitrogen and oxygen atoms in total. The van der Waals surface area contributed by atoms with Crippen LogP contribution in [0.4, 0.5) is 5.69 Å². The summed E-state index contributed by atoms with van der Waals surface area (Å²) in [6, 6.07) is 3.48. The van der Waals surface area contributed by atoms with Crippen molar-refractivity contribution in [2.45, 2.75) is 12.5 Å². The van der Waals surface area contributed by atoms with Gasteiger partial charge in [0.15, 0.2) is 5.75 Å². The van der Waals surface area contributed by atoms with Gasteiger partial charge in [0.25, 0.3) is 0 Å². The van der Waals surface area contributed by atoms with Gasteiger partial charge in [-0.1, -0.05) is 6.07 Å². The van der Waals surface area contributed by atoms with Gasteiger partial charge in [-0.25, -0.2) is 0 Å². The van der Waals surface area contributed by atoms with E-state index in [1.807, 2.05) is 0 Å². The summed E-state index contributed by atoms with van der Waals surface area (Å²) in [7, 11) is 0. The summed E-state index contributed by atoms with van der Waals surface area (Å²) < 4.78 is 0. The Kier molecular flexibility index (Phi) is 5.73. The average Bonchev–Trinajstić information content (AvgIpc) is 2.18. The topological polar surface area (TPSA) is 110 Å².